The lowest BCUT2D eigenvalue weighted by Crippen LogP contribution is -2.12. The number of carboxylic acid groups (broad SMARTS) is 1. The molecule has 0 aliphatic heterocycles. The summed E-state index contributed by atoms with van der Waals surface area (Å²) < 4.78 is 0. The largest absolute Gasteiger partial charge is 0.478 e. The number of H-pyrrole nitrogens is 1. The van der Waals surface area contributed by atoms with Gasteiger partial charge in [-0.15, -0.1) is 0 Å². The van der Waals surface area contributed by atoms with E-state index in [4.69, 9.17) is 0 Å². The molecule has 0 atom stereocenters. The summed E-state index contributed by atoms with van der Waals surface area (Å²) in [5.41, 5.74) is 3.58. The van der Waals surface area contributed by atoms with Crippen LogP contribution in [0.1, 0.15) is 26.3 Å². The average Bonchev–Trinajstić information content (AvgIpc) is 3.27. The van der Waals surface area contributed by atoms with Crippen molar-refractivity contribution in [1.29, 1.82) is 0 Å². The summed E-state index contributed by atoms with van der Waals surface area (Å²) in [6.45, 7) is 0.431. The zero-order chi connectivity index (χ0) is 22.8. The SMILES string of the molecule is O=C(Nc1cccc(CNc2ncnc3c(C(=O)O)cccc23)c1)c1c[nH]c2ccccc12. The van der Waals surface area contributed by atoms with E-state index in [2.05, 4.69) is 25.6 Å². The third-order valence-corrected chi connectivity index (χ3v) is 5.37. The van der Waals surface area contributed by atoms with Crippen LogP contribution in [0.15, 0.2) is 79.3 Å². The molecule has 0 spiro atoms. The maximum atomic E-state index is 12.8. The molecule has 0 aliphatic rings. The summed E-state index contributed by atoms with van der Waals surface area (Å²) in [5, 5.41) is 17.1. The van der Waals surface area contributed by atoms with Crippen molar-refractivity contribution < 1.29 is 14.7 Å². The number of rotatable bonds is 6. The van der Waals surface area contributed by atoms with Crippen molar-refractivity contribution >= 4 is 45.2 Å². The third-order valence-electron chi connectivity index (χ3n) is 5.37. The number of fused-ring (bicyclic) bond motifs is 2. The molecule has 2 heterocycles. The number of carbonyl (C=O) groups excluding carboxylic acids is 1. The minimum atomic E-state index is -1.04. The van der Waals surface area contributed by atoms with Gasteiger partial charge in [-0.3, -0.25) is 4.79 Å². The van der Waals surface area contributed by atoms with Gasteiger partial charge in [0, 0.05) is 34.7 Å². The van der Waals surface area contributed by atoms with E-state index in [-0.39, 0.29) is 11.5 Å². The summed E-state index contributed by atoms with van der Waals surface area (Å²) in [5.74, 6) is -0.694. The van der Waals surface area contributed by atoms with Gasteiger partial charge < -0.3 is 20.7 Å². The monoisotopic (exact) mass is 437 g/mol. The molecule has 3 aromatic carbocycles. The molecule has 4 N–H and O–H groups in total. The van der Waals surface area contributed by atoms with E-state index in [1.165, 1.54) is 12.4 Å². The third kappa shape index (κ3) is 3.97. The summed E-state index contributed by atoms with van der Waals surface area (Å²) in [6, 6.07) is 20.1. The molecule has 8 nitrogen and oxygen atoms in total. The summed E-state index contributed by atoms with van der Waals surface area (Å²) >= 11 is 0. The first-order valence-corrected chi connectivity index (χ1v) is 10.3. The van der Waals surface area contributed by atoms with Crippen LogP contribution in [0.25, 0.3) is 21.8 Å². The number of amides is 1. The van der Waals surface area contributed by atoms with Crippen molar-refractivity contribution in [2.24, 2.45) is 0 Å². The molecular formula is C25H19N5O3. The van der Waals surface area contributed by atoms with E-state index in [9.17, 15) is 14.7 Å². The number of hydrogen-bond acceptors (Lipinski definition) is 5. The molecule has 0 aliphatic carbocycles. The van der Waals surface area contributed by atoms with E-state index in [0.29, 0.717) is 34.5 Å². The number of carbonyl (C=O) groups is 2. The van der Waals surface area contributed by atoms with Crippen LogP contribution in [-0.4, -0.2) is 31.9 Å². The van der Waals surface area contributed by atoms with Gasteiger partial charge in [-0.1, -0.05) is 36.4 Å². The molecule has 8 heteroatoms. The standard InChI is InChI=1S/C25H19N5O3/c31-24(20-13-26-21-10-2-1-7-17(20)21)30-16-6-3-5-15(11-16)12-27-23-18-8-4-9-19(25(32)33)22(18)28-14-29-23/h1-11,13-14,26H,12H2,(H,30,31)(H,32,33)(H,27,28,29). The Morgan fingerprint density at radius 2 is 1.73 bits per heavy atom. The number of aromatic nitrogens is 3. The number of aromatic amines is 1. The minimum Gasteiger partial charge on any atom is -0.478 e. The first-order valence-electron chi connectivity index (χ1n) is 10.3. The zero-order valence-corrected chi connectivity index (χ0v) is 17.4. The van der Waals surface area contributed by atoms with Crippen LogP contribution in [-0.2, 0) is 6.54 Å². The van der Waals surface area contributed by atoms with E-state index >= 15 is 0 Å². The van der Waals surface area contributed by atoms with Gasteiger partial charge in [-0.25, -0.2) is 14.8 Å². The Bertz CT molecular complexity index is 1510. The number of aromatic carboxylic acids is 1. The van der Waals surface area contributed by atoms with Gasteiger partial charge in [0.25, 0.3) is 5.91 Å². The molecule has 0 radical (unpaired) electrons. The molecule has 2 aromatic heterocycles. The van der Waals surface area contributed by atoms with Crippen molar-refractivity contribution in [3.63, 3.8) is 0 Å². The molecule has 5 aromatic rings. The smallest absolute Gasteiger partial charge is 0.337 e. The molecule has 33 heavy (non-hydrogen) atoms. The first kappa shape index (κ1) is 20.2. The van der Waals surface area contributed by atoms with Gasteiger partial charge in [-0.05, 0) is 35.9 Å². The molecule has 0 saturated carbocycles. The van der Waals surface area contributed by atoms with Crippen LogP contribution in [0, 0.1) is 0 Å². The fourth-order valence-corrected chi connectivity index (χ4v) is 3.80. The normalized spacial score (nSPS) is 10.9. The molecule has 1 amide bonds. The predicted molar refractivity (Wildman–Crippen MR) is 127 cm³/mol. The van der Waals surface area contributed by atoms with Gasteiger partial charge in [0.05, 0.1) is 16.6 Å². The van der Waals surface area contributed by atoms with Crippen molar-refractivity contribution in [3.05, 3.63) is 95.9 Å². The number of benzene rings is 3. The first-order chi connectivity index (χ1) is 16.1. The van der Waals surface area contributed by atoms with Crippen LogP contribution in [0.2, 0.25) is 0 Å². The quantitative estimate of drug-likeness (QED) is 0.306. The van der Waals surface area contributed by atoms with E-state index in [1.54, 1.807) is 18.3 Å². The second kappa shape index (κ2) is 8.43. The molecule has 0 saturated heterocycles. The molecule has 0 bridgehead atoms. The highest BCUT2D eigenvalue weighted by Gasteiger charge is 2.13. The van der Waals surface area contributed by atoms with Crippen LogP contribution in [0.3, 0.4) is 0 Å². The molecule has 0 unspecified atom stereocenters. The minimum absolute atomic E-state index is 0.125. The average molecular weight is 437 g/mol. The van der Waals surface area contributed by atoms with Gasteiger partial charge in [0.15, 0.2) is 0 Å². The van der Waals surface area contributed by atoms with Crippen molar-refractivity contribution in [1.82, 2.24) is 15.0 Å². The Labute approximate surface area is 188 Å². The lowest BCUT2D eigenvalue weighted by molar-refractivity contribution is 0.0698. The fourth-order valence-electron chi connectivity index (χ4n) is 3.80. The number of nitrogens with zero attached hydrogens (tertiary/aromatic N) is 2. The summed E-state index contributed by atoms with van der Waals surface area (Å²) in [6.07, 6.45) is 3.05. The molecule has 162 valence electrons. The highest BCUT2D eigenvalue weighted by Crippen LogP contribution is 2.24. The summed E-state index contributed by atoms with van der Waals surface area (Å²) in [4.78, 5) is 35.8. The Balaban J connectivity index is 1.34. The van der Waals surface area contributed by atoms with Gasteiger partial charge in [0.2, 0.25) is 0 Å². The number of carboxylic acids is 1. The molecule has 5 rings (SSSR count). The molecule has 0 fully saturated rings. The zero-order valence-electron chi connectivity index (χ0n) is 17.4. The van der Waals surface area contributed by atoms with E-state index < -0.39 is 5.97 Å². The maximum absolute atomic E-state index is 12.8. The van der Waals surface area contributed by atoms with Crippen LogP contribution in [0.5, 0.6) is 0 Å². The highest BCUT2D eigenvalue weighted by atomic mass is 16.4. The highest BCUT2D eigenvalue weighted by molar-refractivity contribution is 6.12. The second-order valence-electron chi connectivity index (χ2n) is 7.49. The Morgan fingerprint density at radius 3 is 2.61 bits per heavy atom. The lowest BCUT2D eigenvalue weighted by atomic mass is 10.1. The van der Waals surface area contributed by atoms with Crippen LogP contribution < -0.4 is 10.6 Å². The van der Waals surface area contributed by atoms with Crippen molar-refractivity contribution in [2.75, 3.05) is 10.6 Å². The lowest BCUT2D eigenvalue weighted by Gasteiger charge is -2.11. The van der Waals surface area contributed by atoms with Gasteiger partial charge in [0.1, 0.15) is 12.1 Å². The number of hydrogen-bond donors (Lipinski definition) is 4. The van der Waals surface area contributed by atoms with E-state index in [1.807, 2.05) is 48.5 Å². The Morgan fingerprint density at radius 1 is 0.909 bits per heavy atom. The number of nitrogens with one attached hydrogen (secondary N) is 3. The maximum Gasteiger partial charge on any atom is 0.337 e. The summed E-state index contributed by atoms with van der Waals surface area (Å²) in [7, 11) is 0. The Kier molecular flexibility index (Phi) is 5.16. The van der Waals surface area contributed by atoms with Gasteiger partial charge in [-0.2, -0.15) is 0 Å². The Hall–Kier alpha value is -4.72. The predicted octanol–water partition coefficient (Wildman–Crippen LogP) is 4.67. The van der Waals surface area contributed by atoms with Crippen LogP contribution >= 0.6 is 0 Å². The number of anilines is 2. The number of para-hydroxylation sites is 2. The van der Waals surface area contributed by atoms with Crippen LogP contribution in [0.4, 0.5) is 11.5 Å². The van der Waals surface area contributed by atoms with E-state index in [0.717, 1.165) is 16.5 Å². The van der Waals surface area contributed by atoms with Gasteiger partial charge >= 0.3 is 5.97 Å². The fraction of sp³-hybridized carbons (Fsp3) is 0.0400. The second-order valence-corrected chi connectivity index (χ2v) is 7.49. The topological polar surface area (TPSA) is 120 Å². The van der Waals surface area contributed by atoms with Crippen molar-refractivity contribution in [3.8, 4) is 0 Å². The molecular weight excluding hydrogens is 418 g/mol. The van der Waals surface area contributed by atoms with Crippen molar-refractivity contribution in [2.45, 2.75) is 6.54 Å².